The second-order valence-corrected chi connectivity index (χ2v) is 6.97. The number of hydrogen-bond donors (Lipinski definition) is 1. The lowest BCUT2D eigenvalue weighted by atomic mass is 9.93. The van der Waals surface area contributed by atoms with Gasteiger partial charge < -0.3 is 10.2 Å². The largest absolute Gasteiger partial charge is 0.309 e. The fourth-order valence-corrected chi connectivity index (χ4v) is 3.36. The van der Waals surface area contributed by atoms with Gasteiger partial charge in [0, 0.05) is 35.6 Å². The number of anilines is 2. The Hall–Kier alpha value is -2.01. The number of aromatic nitrogens is 3. The lowest BCUT2D eigenvalue weighted by molar-refractivity contribution is 0.166. The van der Waals surface area contributed by atoms with Gasteiger partial charge in [-0.25, -0.2) is 15.0 Å². The van der Waals surface area contributed by atoms with Gasteiger partial charge in [-0.15, -0.1) is 0 Å². The molecule has 0 spiro atoms. The molecule has 128 valence electrons. The third-order valence-corrected chi connectivity index (χ3v) is 4.59. The van der Waals surface area contributed by atoms with E-state index >= 15 is 0 Å². The Labute approximate surface area is 144 Å². The summed E-state index contributed by atoms with van der Waals surface area (Å²) in [5.41, 5.74) is 3.08. The minimum Gasteiger partial charge on any atom is -0.309 e. The minimum atomic E-state index is 0.503. The lowest BCUT2D eigenvalue weighted by Gasteiger charge is -2.35. The van der Waals surface area contributed by atoms with Gasteiger partial charge in [-0.05, 0) is 65.3 Å². The molecule has 0 unspecified atom stereocenters. The van der Waals surface area contributed by atoms with Gasteiger partial charge in [0.15, 0.2) is 0 Å². The van der Waals surface area contributed by atoms with E-state index in [1.54, 1.807) is 0 Å². The van der Waals surface area contributed by atoms with Crippen LogP contribution in [0.5, 0.6) is 0 Å². The molecule has 0 aromatic carbocycles. The van der Waals surface area contributed by atoms with E-state index in [1.165, 1.54) is 19.4 Å². The predicted octanol–water partition coefficient (Wildman–Crippen LogP) is 3.82. The zero-order valence-electron chi connectivity index (χ0n) is 15.1. The maximum absolute atomic E-state index is 4.83. The third-order valence-electron chi connectivity index (χ3n) is 4.59. The summed E-state index contributed by atoms with van der Waals surface area (Å²) in [7, 11) is 0. The summed E-state index contributed by atoms with van der Waals surface area (Å²) in [4.78, 5) is 16.2. The summed E-state index contributed by atoms with van der Waals surface area (Å²) in [6, 6.07) is 8.76. The summed E-state index contributed by atoms with van der Waals surface area (Å²) in [5.74, 6) is 1.94. The molecule has 0 bridgehead atoms. The highest BCUT2D eigenvalue weighted by Crippen LogP contribution is 2.27. The smallest absolute Gasteiger partial charge is 0.228 e. The van der Waals surface area contributed by atoms with E-state index in [9.17, 15) is 0 Å². The lowest BCUT2D eigenvalue weighted by Crippen LogP contribution is -2.39. The van der Waals surface area contributed by atoms with Crippen LogP contribution in [0.4, 0.5) is 11.8 Å². The molecular formula is C19H27N5. The van der Waals surface area contributed by atoms with Crippen molar-refractivity contribution >= 4 is 11.8 Å². The third kappa shape index (κ3) is 4.09. The summed E-state index contributed by atoms with van der Waals surface area (Å²) in [6.45, 7) is 10.8. The van der Waals surface area contributed by atoms with E-state index in [0.717, 1.165) is 29.4 Å². The Morgan fingerprint density at radius 1 is 1.12 bits per heavy atom. The van der Waals surface area contributed by atoms with E-state index in [1.807, 2.05) is 26.0 Å². The van der Waals surface area contributed by atoms with Gasteiger partial charge in [-0.3, -0.25) is 0 Å². The highest BCUT2D eigenvalue weighted by Gasteiger charge is 2.23. The maximum atomic E-state index is 4.83. The molecule has 2 aromatic heterocycles. The van der Waals surface area contributed by atoms with Crippen LogP contribution in [0.1, 0.15) is 49.7 Å². The van der Waals surface area contributed by atoms with Crippen molar-refractivity contribution in [2.24, 2.45) is 0 Å². The van der Waals surface area contributed by atoms with Gasteiger partial charge in [0.05, 0.1) is 0 Å². The summed E-state index contributed by atoms with van der Waals surface area (Å²) >= 11 is 0. The van der Waals surface area contributed by atoms with E-state index in [-0.39, 0.29) is 0 Å². The van der Waals surface area contributed by atoms with Crippen LogP contribution in [0.15, 0.2) is 24.3 Å². The van der Waals surface area contributed by atoms with Crippen molar-refractivity contribution in [1.82, 2.24) is 19.9 Å². The molecule has 1 saturated heterocycles. The predicted molar refractivity (Wildman–Crippen MR) is 97.7 cm³/mol. The first kappa shape index (κ1) is 16.8. The first-order chi connectivity index (χ1) is 11.5. The maximum Gasteiger partial charge on any atom is 0.228 e. The van der Waals surface area contributed by atoms with Crippen LogP contribution >= 0.6 is 0 Å². The molecule has 5 heteroatoms. The summed E-state index contributed by atoms with van der Waals surface area (Å²) in [6.07, 6.45) is 2.45. The SMILES string of the molecule is Cc1cc(C)nc(Nc2cccc([C@@H]3CCCN(C(C)C)C3)n2)n1. The number of nitrogens with zero attached hydrogens (tertiary/aromatic N) is 4. The summed E-state index contributed by atoms with van der Waals surface area (Å²) < 4.78 is 0. The standard InChI is InChI=1S/C19H27N5/c1-13(2)24-10-6-7-16(12-24)17-8-5-9-18(22-17)23-19-20-14(3)11-15(4)21-19/h5,8-9,11,13,16H,6-7,10,12H2,1-4H3,(H,20,21,22,23)/t16-/m1/s1. The number of pyridine rings is 1. The first-order valence-electron chi connectivity index (χ1n) is 8.81. The van der Waals surface area contributed by atoms with Crippen molar-refractivity contribution in [1.29, 1.82) is 0 Å². The first-order valence-corrected chi connectivity index (χ1v) is 8.81. The number of aryl methyl sites for hydroxylation is 2. The average Bonchev–Trinajstić information content (AvgIpc) is 2.54. The van der Waals surface area contributed by atoms with Crippen LogP contribution in [-0.4, -0.2) is 39.0 Å². The van der Waals surface area contributed by atoms with Crippen molar-refractivity contribution in [2.45, 2.75) is 52.5 Å². The molecule has 3 rings (SSSR count). The second-order valence-electron chi connectivity index (χ2n) is 6.97. The van der Waals surface area contributed by atoms with Gasteiger partial charge in [-0.1, -0.05) is 6.07 Å². The molecule has 1 atom stereocenters. The highest BCUT2D eigenvalue weighted by atomic mass is 15.2. The van der Waals surface area contributed by atoms with E-state index in [0.29, 0.717) is 17.9 Å². The van der Waals surface area contributed by atoms with Crippen molar-refractivity contribution in [3.63, 3.8) is 0 Å². The highest BCUT2D eigenvalue weighted by molar-refractivity contribution is 5.48. The van der Waals surface area contributed by atoms with Crippen LogP contribution in [0.2, 0.25) is 0 Å². The minimum absolute atomic E-state index is 0.503. The molecule has 1 aliphatic heterocycles. The molecule has 1 aliphatic rings. The van der Waals surface area contributed by atoms with Crippen LogP contribution < -0.4 is 5.32 Å². The van der Waals surface area contributed by atoms with Gasteiger partial charge in [0.1, 0.15) is 5.82 Å². The van der Waals surface area contributed by atoms with E-state index in [2.05, 4.69) is 46.2 Å². The molecule has 1 fully saturated rings. The number of likely N-dealkylation sites (tertiary alicyclic amines) is 1. The van der Waals surface area contributed by atoms with Gasteiger partial charge >= 0.3 is 0 Å². The zero-order valence-corrected chi connectivity index (χ0v) is 15.1. The van der Waals surface area contributed by atoms with Crippen LogP contribution in [0.3, 0.4) is 0 Å². The molecule has 2 aromatic rings. The van der Waals surface area contributed by atoms with Crippen molar-refractivity contribution < 1.29 is 0 Å². The number of piperidine rings is 1. The Bertz CT molecular complexity index is 678. The Morgan fingerprint density at radius 3 is 2.58 bits per heavy atom. The van der Waals surface area contributed by atoms with Crippen molar-refractivity contribution in [2.75, 3.05) is 18.4 Å². The zero-order chi connectivity index (χ0) is 17.1. The van der Waals surface area contributed by atoms with Gasteiger partial charge in [-0.2, -0.15) is 0 Å². The fourth-order valence-electron chi connectivity index (χ4n) is 3.36. The van der Waals surface area contributed by atoms with Crippen LogP contribution in [0.25, 0.3) is 0 Å². The number of hydrogen-bond acceptors (Lipinski definition) is 5. The number of rotatable bonds is 4. The second kappa shape index (κ2) is 7.26. The Balaban J connectivity index is 1.76. The molecule has 5 nitrogen and oxygen atoms in total. The Kier molecular flexibility index (Phi) is 5.09. The van der Waals surface area contributed by atoms with Gasteiger partial charge in [0.2, 0.25) is 5.95 Å². The molecule has 0 saturated carbocycles. The molecular weight excluding hydrogens is 298 g/mol. The van der Waals surface area contributed by atoms with Crippen LogP contribution in [-0.2, 0) is 0 Å². The topological polar surface area (TPSA) is 53.9 Å². The quantitative estimate of drug-likeness (QED) is 0.926. The monoisotopic (exact) mass is 325 g/mol. The molecule has 1 N–H and O–H groups in total. The average molecular weight is 325 g/mol. The molecule has 24 heavy (non-hydrogen) atoms. The molecule has 0 aliphatic carbocycles. The fraction of sp³-hybridized carbons (Fsp3) is 0.526. The van der Waals surface area contributed by atoms with E-state index in [4.69, 9.17) is 4.98 Å². The molecule has 0 radical (unpaired) electrons. The molecule has 0 amide bonds. The van der Waals surface area contributed by atoms with Crippen molar-refractivity contribution in [3.8, 4) is 0 Å². The number of nitrogens with one attached hydrogen (secondary N) is 1. The van der Waals surface area contributed by atoms with Crippen molar-refractivity contribution in [3.05, 3.63) is 41.3 Å². The summed E-state index contributed by atoms with van der Waals surface area (Å²) in [5, 5.41) is 3.25. The molecule has 3 heterocycles. The normalized spacial score (nSPS) is 18.8. The van der Waals surface area contributed by atoms with Crippen LogP contribution in [0, 0.1) is 13.8 Å². The Morgan fingerprint density at radius 2 is 1.88 bits per heavy atom. The van der Waals surface area contributed by atoms with Gasteiger partial charge in [0.25, 0.3) is 0 Å². The van der Waals surface area contributed by atoms with E-state index < -0.39 is 0 Å².